The molecule has 0 amide bonds. The van der Waals surface area contributed by atoms with Crippen molar-refractivity contribution in [1.82, 2.24) is 5.32 Å². The van der Waals surface area contributed by atoms with Gasteiger partial charge in [-0.2, -0.15) is 0 Å². The fraction of sp³-hybridized carbons (Fsp3) is 0.368. The Morgan fingerprint density at radius 3 is 2.43 bits per heavy atom. The maximum Gasteiger partial charge on any atom is 0.124 e. The number of aryl methyl sites for hydroxylation is 3. The molecule has 2 nitrogen and oxygen atoms in total. The minimum Gasteiger partial charge on any atom is -0.489 e. The third-order valence-corrected chi connectivity index (χ3v) is 4.03. The molecule has 0 aromatic heterocycles. The summed E-state index contributed by atoms with van der Waals surface area (Å²) in [6.07, 6.45) is 0. The highest BCUT2D eigenvalue weighted by Gasteiger charge is 2.10. The molecule has 2 rings (SSSR count). The maximum absolute atomic E-state index is 6.08. The topological polar surface area (TPSA) is 21.3 Å². The minimum absolute atomic E-state index is 0.278. The third kappa shape index (κ3) is 3.85. The molecule has 2 aromatic rings. The standard InChI is InChI=1S/C19H25NO/c1-13-6-9-18(16(4)20-5)19(10-13)21-12-17-8-7-14(2)15(3)11-17/h6-11,16,20H,12H2,1-5H3. The molecule has 2 heteroatoms. The summed E-state index contributed by atoms with van der Waals surface area (Å²) >= 11 is 0. The van der Waals surface area contributed by atoms with E-state index in [0.717, 1.165) is 5.75 Å². The van der Waals surface area contributed by atoms with Crippen LogP contribution in [0.4, 0.5) is 0 Å². The lowest BCUT2D eigenvalue weighted by molar-refractivity contribution is 0.300. The van der Waals surface area contributed by atoms with Crippen LogP contribution in [-0.4, -0.2) is 7.05 Å². The molecular weight excluding hydrogens is 258 g/mol. The molecule has 1 N–H and O–H groups in total. The normalized spacial score (nSPS) is 12.2. The van der Waals surface area contributed by atoms with Gasteiger partial charge in [0.1, 0.15) is 12.4 Å². The van der Waals surface area contributed by atoms with Gasteiger partial charge in [-0.15, -0.1) is 0 Å². The van der Waals surface area contributed by atoms with E-state index in [1.165, 1.54) is 27.8 Å². The van der Waals surface area contributed by atoms with Crippen molar-refractivity contribution in [3.63, 3.8) is 0 Å². The number of nitrogens with one attached hydrogen (secondary N) is 1. The van der Waals surface area contributed by atoms with Gasteiger partial charge in [0.15, 0.2) is 0 Å². The average Bonchev–Trinajstić information content (AvgIpc) is 2.48. The maximum atomic E-state index is 6.08. The molecule has 0 saturated heterocycles. The molecule has 2 aromatic carbocycles. The molecule has 1 atom stereocenters. The zero-order valence-corrected chi connectivity index (χ0v) is 13.7. The molecule has 0 bridgehead atoms. The molecule has 0 saturated carbocycles. The molecule has 0 spiro atoms. The predicted molar refractivity (Wildman–Crippen MR) is 88.9 cm³/mol. The molecule has 0 radical (unpaired) electrons. The van der Waals surface area contributed by atoms with Crippen LogP contribution in [0.5, 0.6) is 5.75 Å². The highest BCUT2D eigenvalue weighted by atomic mass is 16.5. The molecule has 0 heterocycles. The summed E-state index contributed by atoms with van der Waals surface area (Å²) in [4.78, 5) is 0. The van der Waals surface area contributed by atoms with E-state index < -0.39 is 0 Å². The Morgan fingerprint density at radius 1 is 1.00 bits per heavy atom. The first-order valence-corrected chi connectivity index (χ1v) is 7.48. The van der Waals surface area contributed by atoms with Gasteiger partial charge in [-0.1, -0.05) is 30.3 Å². The summed E-state index contributed by atoms with van der Waals surface area (Å²) in [5, 5.41) is 3.28. The van der Waals surface area contributed by atoms with E-state index in [0.29, 0.717) is 6.61 Å². The Morgan fingerprint density at radius 2 is 1.76 bits per heavy atom. The second-order valence-corrected chi connectivity index (χ2v) is 5.76. The van der Waals surface area contributed by atoms with Gasteiger partial charge in [0.2, 0.25) is 0 Å². The molecule has 0 aliphatic rings. The van der Waals surface area contributed by atoms with Crippen LogP contribution in [0.3, 0.4) is 0 Å². The SMILES string of the molecule is CNC(C)c1ccc(C)cc1OCc1ccc(C)c(C)c1. The largest absolute Gasteiger partial charge is 0.489 e. The zero-order chi connectivity index (χ0) is 15.4. The van der Waals surface area contributed by atoms with Gasteiger partial charge in [0.25, 0.3) is 0 Å². The van der Waals surface area contributed by atoms with Gasteiger partial charge in [0.05, 0.1) is 0 Å². The first-order valence-electron chi connectivity index (χ1n) is 7.48. The molecule has 0 aliphatic heterocycles. The average molecular weight is 283 g/mol. The number of hydrogen-bond acceptors (Lipinski definition) is 2. The van der Waals surface area contributed by atoms with Crippen molar-refractivity contribution in [2.75, 3.05) is 7.05 Å². The van der Waals surface area contributed by atoms with E-state index in [4.69, 9.17) is 4.74 Å². The molecule has 0 fully saturated rings. The van der Waals surface area contributed by atoms with Gasteiger partial charge >= 0.3 is 0 Å². The minimum atomic E-state index is 0.278. The smallest absolute Gasteiger partial charge is 0.124 e. The fourth-order valence-electron chi connectivity index (χ4n) is 2.33. The van der Waals surface area contributed by atoms with Gasteiger partial charge in [-0.05, 0) is 63.1 Å². The van der Waals surface area contributed by atoms with E-state index in [9.17, 15) is 0 Å². The van der Waals surface area contributed by atoms with Crippen molar-refractivity contribution in [2.24, 2.45) is 0 Å². The van der Waals surface area contributed by atoms with Crippen LogP contribution in [0, 0.1) is 20.8 Å². The van der Waals surface area contributed by atoms with Crippen molar-refractivity contribution in [1.29, 1.82) is 0 Å². The Labute approximate surface area is 128 Å². The van der Waals surface area contributed by atoms with E-state index in [1.807, 2.05) is 7.05 Å². The summed E-state index contributed by atoms with van der Waals surface area (Å²) in [5.74, 6) is 0.968. The Bertz CT molecular complexity index is 619. The summed E-state index contributed by atoms with van der Waals surface area (Å²) in [6.45, 7) is 9.12. The molecule has 21 heavy (non-hydrogen) atoms. The zero-order valence-electron chi connectivity index (χ0n) is 13.7. The van der Waals surface area contributed by atoms with Crippen LogP contribution in [-0.2, 0) is 6.61 Å². The highest BCUT2D eigenvalue weighted by Crippen LogP contribution is 2.27. The van der Waals surface area contributed by atoms with E-state index in [-0.39, 0.29) is 6.04 Å². The lowest BCUT2D eigenvalue weighted by Gasteiger charge is -2.17. The van der Waals surface area contributed by atoms with Crippen LogP contribution in [0.2, 0.25) is 0 Å². The van der Waals surface area contributed by atoms with E-state index >= 15 is 0 Å². The van der Waals surface area contributed by atoms with Crippen molar-refractivity contribution in [3.05, 3.63) is 64.2 Å². The van der Waals surface area contributed by atoms with Crippen LogP contribution in [0.1, 0.15) is 40.8 Å². The van der Waals surface area contributed by atoms with Crippen LogP contribution >= 0.6 is 0 Å². The van der Waals surface area contributed by atoms with Gasteiger partial charge in [0, 0.05) is 11.6 Å². The van der Waals surface area contributed by atoms with E-state index in [2.05, 4.69) is 69.4 Å². The summed E-state index contributed by atoms with van der Waals surface area (Å²) < 4.78 is 6.08. The lowest BCUT2D eigenvalue weighted by Crippen LogP contribution is -2.14. The van der Waals surface area contributed by atoms with Crippen LogP contribution in [0.15, 0.2) is 36.4 Å². The summed E-state index contributed by atoms with van der Waals surface area (Å²) in [5.41, 5.74) is 6.26. The van der Waals surface area contributed by atoms with Crippen molar-refractivity contribution in [3.8, 4) is 5.75 Å². The van der Waals surface area contributed by atoms with Crippen LogP contribution in [0.25, 0.3) is 0 Å². The number of benzene rings is 2. The first-order chi connectivity index (χ1) is 10.0. The Hall–Kier alpha value is -1.80. The predicted octanol–water partition coefficient (Wildman–Crippen LogP) is 4.47. The Balaban J connectivity index is 2.18. The van der Waals surface area contributed by atoms with Crippen molar-refractivity contribution >= 4 is 0 Å². The Kier molecular flexibility index (Phi) is 5.03. The second-order valence-electron chi connectivity index (χ2n) is 5.76. The summed E-state index contributed by atoms with van der Waals surface area (Å²) in [7, 11) is 1.97. The second kappa shape index (κ2) is 6.77. The van der Waals surface area contributed by atoms with Gasteiger partial charge in [-0.25, -0.2) is 0 Å². The third-order valence-electron chi connectivity index (χ3n) is 4.03. The molecule has 112 valence electrons. The molecule has 0 aliphatic carbocycles. The molecule has 1 unspecified atom stereocenters. The first kappa shape index (κ1) is 15.6. The lowest BCUT2D eigenvalue weighted by atomic mass is 10.0. The highest BCUT2D eigenvalue weighted by molar-refractivity contribution is 5.39. The van der Waals surface area contributed by atoms with E-state index in [1.54, 1.807) is 0 Å². The number of rotatable bonds is 5. The van der Waals surface area contributed by atoms with Gasteiger partial charge in [-0.3, -0.25) is 0 Å². The van der Waals surface area contributed by atoms with Crippen molar-refractivity contribution < 1.29 is 4.74 Å². The number of ether oxygens (including phenoxy) is 1. The summed E-state index contributed by atoms with van der Waals surface area (Å²) in [6, 6.07) is 13.2. The quantitative estimate of drug-likeness (QED) is 0.874. The number of hydrogen-bond donors (Lipinski definition) is 1. The molecular formula is C19H25NO. The van der Waals surface area contributed by atoms with Crippen LogP contribution < -0.4 is 10.1 Å². The van der Waals surface area contributed by atoms with Crippen molar-refractivity contribution in [2.45, 2.75) is 40.3 Å². The van der Waals surface area contributed by atoms with Gasteiger partial charge < -0.3 is 10.1 Å². The monoisotopic (exact) mass is 283 g/mol. The fourth-order valence-corrected chi connectivity index (χ4v) is 2.33.